The van der Waals surface area contributed by atoms with Crippen LogP contribution in [0.15, 0.2) is 24.3 Å². The van der Waals surface area contributed by atoms with Crippen molar-refractivity contribution in [1.82, 2.24) is 9.88 Å². The number of nitrogens with zero attached hydrogens (tertiary/aromatic N) is 2. The van der Waals surface area contributed by atoms with Gasteiger partial charge in [0.05, 0.1) is 19.3 Å². The fraction of sp³-hybridized carbons (Fsp3) is 0.267. The highest BCUT2D eigenvalue weighted by Crippen LogP contribution is 2.28. The van der Waals surface area contributed by atoms with E-state index in [-0.39, 0.29) is 12.0 Å². The largest absolute Gasteiger partial charge is 0.453 e. The second-order valence-electron chi connectivity index (χ2n) is 4.99. The van der Waals surface area contributed by atoms with E-state index in [2.05, 4.69) is 10.3 Å². The van der Waals surface area contributed by atoms with Crippen molar-refractivity contribution in [2.45, 2.75) is 13.0 Å². The molecule has 2 heterocycles. The first-order valence-electron chi connectivity index (χ1n) is 6.95. The molecule has 1 aliphatic rings. The molecular formula is C15H14ClN3O3S. The maximum atomic E-state index is 12.2. The number of fused-ring (bicyclic) bond motifs is 1. The maximum Gasteiger partial charge on any atom is 0.409 e. The molecule has 23 heavy (non-hydrogen) atoms. The highest BCUT2D eigenvalue weighted by molar-refractivity contribution is 7.15. The van der Waals surface area contributed by atoms with Crippen molar-refractivity contribution in [2.75, 3.05) is 19.0 Å². The van der Waals surface area contributed by atoms with Crippen LogP contribution in [-0.4, -0.2) is 35.5 Å². The molecule has 0 bridgehead atoms. The SMILES string of the molecule is COC(=O)N1CCc2nc(NC(=O)c3ccc(Cl)cc3)sc2C1. The Morgan fingerprint density at radius 3 is 2.78 bits per heavy atom. The van der Waals surface area contributed by atoms with Crippen LogP contribution in [-0.2, 0) is 17.7 Å². The van der Waals surface area contributed by atoms with Gasteiger partial charge >= 0.3 is 6.09 Å². The lowest BCUT2D eigenvalue weighted by Gasteiger charge is -2.24. The van der Waals surface area contributed by atoms with Crippen LogP contribution >= 0.6 is 22.9 Å². The smallest absolute Gasteiger partial charge is 0.409 e. The van der Waals surface area contributed by atoms with Crippen LogP contribution in [0.1, 0.15) is 20.9 Å². The van der Waals surface area contributed by atoms with E-state index in [0.29, 0.717) is 35.2 Å². The molecule has 1 aromatic carbocycles. The number of hydrogen-bond acceptors (Lipinski definition) is 5. The zero-order chi connectivity index (χ0) is 16.4. The van der Waals surface area contributed by atoms with Gasteiger partial charge < -0.3 is 9.64 Å². The molecule has 1 N–H and O–H groups in total. The highest BCUT2D eigenvalue weighted by Gasteiger charge is 2.25. The fourth-order valence-electron chi connectivity index (χ4n) is 2.30. The summed E-state index contributed by atoms with van der Waals surface area (Å²) < 4.78 is 4.73. The van der Waals surface area contributed by atoms with E-state index in [9.17, 15) is 9.59 Å². The molecule has 0 aliphatic carbocycles. The Morgan fingerprint density at radius 1 is 1.35 bits per heavy atom. The van der Waals surface area contributed by atoms with E-state index in [4.69, 9.17) is 16.3 Å². The third-order valence-electron chi connectivity index (χ3n) is 3.49. The molecule has 2 amide bonds. The average molecular weight is 352 g/mol. The van der Waals surface area contributed by atoms with E-state index in [1.54, 1.807) is 29.2 Å². The Hall–Kier alpha value is -2.12. The lowest BCUT2D eigenvalue weighted by Crippen LogP contribution is -2.35. The van der Waals surface area contributed by atoms with Gasteiger partial charge in [-0.25, -0.2) is 9.78 Å². The Kier molecular flexibility index (Phi) is 4.49. The summed E-state index contributed by atoms with van der Waals surface area (Å²) >= 11 is 7.19. The van der Waals surface area contributed by atoms with Crippen LogP contribution in [0, 0.1) is 0 Å². The van der Waals surface area contributed by atoms with Gasteiger partial charge in [0, 0.05) is 28.4 Å². The number of amides is 2. The molecule has 0 spiro atoms. The van der Waals surface area contributed by atoms with Gasteiger partial charge in [0.2, 0.25) is 0 Å². The van der Waals surface area contributed by atoms with E-state index >= 15 is 0 Å². The third kappa shape index (κ3) is 3.46. The number of aromatic nitrogens is 1. The number of methoxy groups -OCH3 is 1. The molecule has 0 fully saturated rings. The summed E-state index contributed by atoms with van der Waals surface area (Å²) in [6.07, 6.45) is 0.299. The third-order valence-corrected chi connectivity index (χ3v) is 4.74. The van der Waals surface area contributed by atoms with Gasteiger partial charge in [-0.3, -0.25) is 10.1 Å². The summed E-state index contributed by atoms with van der Waals surface area (Å²) in [5.41, 5.74) is 1.43. The number of thiazole rings is 1. The number of nitrogens with one attached hydrogen (secondary N) is 1. The predicted octanol–water partition coefficient (Wildman–Crippen LogP) is 3.17. The van der Waals surface area contributed by atoms with Crippen LogP contribution in [0.5, 0.6) is 0 Å². The molecular weight excluding hydrogens is 338 g/mol. The first-order valence-corrected chi connectivity index (χ1v) is 8.14. The normalized spacial score (nSPS) is 13.4. The van der Waals surface area contributed by atoms with Crippen molar-refractivity contribution in [3.05, 3.63) is 45.4 Å². The molecule has 0 atom stereocenters. The fourth-order valence-corrected chi connectivity index (χ4v) is 3.45. The predicted molar refractivity (Wildman–Crippen MR) is 88.0 cm³/mol. The summed E-state index contributed by atoms with van der Waals surface area (Å²) in [5, 5.41) is 3.89. The van der Waals surface area contributed by atoms with E-state index < -0.39 is 0 Å². The topological polar surface area (TPSA) is 71.5 Å². The molecule has 1 aromatic heterocycles. The van der Waals surface area contributed by atoms with E-state index in [0.717, 1.165) is 10.6 Å². The minimum atomic E-state index is -0.351. The van der Waals surface area contributed by atoms with Crippen molar-refractivity contribution in [3.63, 3.8) is 0 Å². The molecule has 8 heteroatoms. The number of carbonyl (C=O) groups is 2. The average Bonchev–Trinajstić information content (AvgIpc) is 2.95. The molecule has 0 saturated heterocycles. The molecule has 6 nitrogen and oxygen atoms in total. The Morgan fingerprint density at radius 2 is 2.09 bits per heavy atom. The molecule has 1 aliphatic heterocycles. The number of ether oxygens (including phenoxy) is 1. The van der Waals surface area contributed by atoms with Crippen LogP contribution in [0.4, 0.5) is 9.93 Å². The van der Waals surface area contributed by atoms with Crippen LogP contribution < -0.4 is 5.32 Å². The first-order chi connectivity index (χ1) is 11.1. The van der Waals surface area contributed by atoms with Crippen molar-refractivity contribution >= 4 is 40.1 Å². The minimum Gasteiger partial charge on any atom is -0.453 e. The van der Waals surface area contributed by atoms with Gasteiger partial charge in [-0.2, -0.15) is 0 Å². The second-order valence-corrected chi connectivity index (χ2v) is 6.51. The van der Waals surface area contributed by atoms with Crippen molar-refractivity contribution in [3.8, 4) is 0 Å². The summed E-state index contributed by atoms with van der Waals surface area (Å²) in [4.78, 5) is 30.8. The zero-order valence-corrected chi connectivity index (χ0v) is 13.9. The lowest BCUT2D eigenvalue weighted by atomic mass is 10.2. The van der Waals surface area contributed by atoms with Crippen molar-refractivity contribution in [1.29, 1.82) is 0 Å². The lowest BCUT2D eigenvalue weighted by molar-refractivity contribution is 0.102. The van der Waals surface area contributed by atoms with Gasteiger partial charge in [-0.05, 0) is 24.3 Å². The Balaban J connectivity index is 1.71. The number of anilines is 1. The first kappa shape index (κ1) is 15.8. The number of halogens is 1. The van der Waals surface area contributed by atoms with E-state index in [1.807, 2.05) is 0 Å². The number of benzene rings is 1. The summed E-state index contributed by atoms with van der Waals surface area (Å²) in [7, 11) is 1.36. The monoisotopic (exact) mass is 351 g/mol. The maximum absolute atomic E-state index is 12.2. The highest BCUT2D eigenvalue weighted by atomic mass is 35.5. The van der Waals surface area contributed by atoms with Crippen LogP contribution in [0.2, 0.25) is 5.02 Å². The Labute approximate surface area is 142 Å². The summed E-state index contributed by atoms with van der Waals surface area (Å²) in [6.45, 7) is 1.02. The number of hydrogen-bond donors (Lipinski definition) is 1. The molecule has 3 rings (SSSR count). The zero-order valence-electron chi connectivity index (χ0n) is 12.3. The van der Waals surface area contributed by atoms with Gasteiger partial charge in [0.15, 0.2) is 5.13 Å². The van der Waals surface area contributed by atoms with Crippen LogP contribution in [0.25, 0.3) is 0 Å². The summed E-state index contributed by atoms with van der Waals surface area (Å²) in [6, 6.07) is 6.64. The van der Waals surface area contributed by atoms with Gasteiger partial charge in [-0.15, -0.1) is 0 Å². The summed E-state index contributed by atoms with van der Waals surface area (Å²) in [5.74, 6) is -0.238. The number of carbonyl (C=O) groups excluding carboxylic acids is 2. The van der Waals surface area contributed by atoms with Gasteiger partial charge in [0.25, 0.3) is 5.91 Å². The van der Waals surface area contributed by atoms with Gasteiger partial charge in [-0.1, -0.05) is 22.9 Å². The molecule has 0 radical (unpaired) electrons. The quantitative estimate of drug-likeness (QED) is 0.902. The van der Waals surface area contributed by atoms with Crippen molar-refractivity contribution < 1.29 is 14.3 Å². The Bertz CT molecular complexity index is 745. The molecule has 2 aromatic rings. The van der Waals surface area contributed by atoms with Gasteiger partial charge in [0.1, 0.15) is 0 Å². The standard InChI is InChI=1S/C15H14ClN3O3S/c1-22-15(21)19-7-6-11-12(8-19)23-14(17-11)18-13(20)9-2-4-10(16)5-3-9/h2-5H,6-8H2,1H3,(H,17,18,20). The number of rotatable bonds is 2. The van der Waals surface area contributed by atoms with E-state index in [1.165, 1.54) is 18.4 Å². The minimum absolute atomic E-state index is 0.238. The van der Waals surface area contributed by atoms with Crippen molar-refractivity contribution in [2.24, 2.45) is 0 Å². The molecule has 0 unspecified atom stereocenters. The molecule has 120 valence electrons. The molecule has 0 saturated carbocycles. The van der Waals surface area contributed by atoms with Crippen LogP contribution in [0.3, 0.4) is 0 Å². The second kappa shape index (κ2) is 6.55.